The maximum absolute atomic E-state index is 13.2. The molecule has 1 rings (SSSR count). The minimum absolute atomic E-state index is 0.0844. The van der Waals surface area contributed by atoms with Crippen LogP contribution < -0.4 is 5.32 Å². The third kappa shape index (κ3) is 3.16. The molecule has 6 nitrogen and oxygen atoms in total. The number of anilines is 1. The van der Waals surface area contributed by atoms with Crippen molar-refractivity contribution in [2.24, 2.45) is 0 Å². The highest BCUT2D eigenvalue weighted by Crippen LogP contribution is 2.27. The average Bonchev–Trinajstić information content (AvgIpc) is 2.29. The second-order valence-corrected chi connectivity index (χ2v) is 4.02. The molecule has 0 saturated carbocycles. The molecule has 1 aromatic carbocycles. The largest absolute Gasteiger partial charge is 0.371 e. The molecule has 0 aliphatic heterocycles. The Balaban J connectivity index is 2.97. The van der Waals surface area contributed by atoms with Crippen molar-refractivity contribution < 1.29 is 14.1 Å². The van der Waals surface area contributed by atoms with Crippen molar-refractivity contribution in [3.8, 4) is 0 Å². The molecule has 7 heteroatoms. The molecule has 0 spiro atoms. The van der Waals surface area contributed by atoms with Crippen molar-refractivity contribution in [1.29, 1.82) is 0 Å². The number of carbonyl (C=O) groups is 1. The van der Waals surface area contributed by atoms with E-state index in [1.807, 2.05) is 0 Å². The first kappa shape index (κ1) is 13.9. The van der Waals surface area contributed by atoms with Gasteiger partial charge in [-0.1, -0.05) is 0 Å². The van der Waals surface area contributed by atoms with Gasteiger partial charge in [0.05, 0.1) is 17.5 Å². The quantitative estimate of drug-likeness (QED) is 0.654. The first-order chi connectivity index (χ1) is 8.32. The van der Waals surface area contributed by atoms with Crippen LogP contribution in [0.3, 0.4) is 0 Å². The molecule has 0 heterocycles. The van der Waals surface area contributed by atoms with Crippen LogP contribution in [-0.4, -0.2) is 36.4 Å². The van der Waals surface area contributed by atoms with E-state index in [0.717, 1.165) is 6.07 Å². The molecule has 0 unspecified atom stereocenters. The fraction of sp³-hybridized carbons (Fsp3) is 0.364. The number of aryl methyl sites for hydroxylation is 1. The summed E-state index contributed by atoms with van der Waals surface area (Å²) < 4.78 is 13.2. The predicted molar refractivity (Wildman–Crippen MR) is 65.0 cm³/mol. The Morgan fingerprint density at radius 1 is 1.50 bits per heavy atom. The van der Waals surface area contributed by atoms with Crippen LogP contribution in [0.5, 0.6) is 0 Å². The van der Waals surface area contributed by atoms with Gasteiger partial charge in [0, 0.05) is 14.1 Å². The minimum Gasteiger partial charge on any atom is -0.371 e. The number of nitro benzene ring substituents is 1. The molecule has 0 radical (unpaired) electrons. The summed E-state index contributed by atoms with van der Waals surface area (Å²) in [5.74, 6) is -0.877. The highest BCUT2D eigenvalue weighted by Gasteiger charge is 2.17. The Labute approximate surface area is 104 Å². The molecule has 98 valence electrons. The summed E-state index contributed by atoms with van der Waals surface area (Å²) in [7, 11) is 3.16. The van der Waals surface area contributed by atoms with Gasteiger partial charge in [-0.25, -0.2) is 4.39 Å². The van der Waals surface area contributed by atoms with Crippen LogP contribution in [0.15, 0.2) is 12.1 Å². The van der Waals surface area contributed by atoms with E-state index in [1.54, 1.807) is 14.1 Å². The Morgan fingerprint density at radius 3 is 2.61 bits per heavy atom. The number of nitrogens with zero attached hydrogens (tertiary/aromatic N) is 2. The molecule has 18 heavy (non-hydrogen) atoms. The second-order valence-electron chi connectivity index (χ2n) is 4.02. The lowest BCUT2D eigenvalue weighted by Crippen LogP contribution is -2.28. The third-order valence-electron chi connectivity index (χ3n) is 2.40. The monoisotopic (exact) mass is 255 g/mol. The van der Waals surface area contributed by atoms with Crippen LogP contribution in [-0.2, 0) is 4.79 Å². The van der Waals surface area contributed by atoms with Gasteiger partial charge in [-0.3, -0.25) is 14.9 Å². The second kappa shape index (κ2) is 5.44. The number of halogens is 1. The Kier molecular flexibility index (Phi) is 4.19. The van der Waals surface area contributed by atoms with E-state index >= 15 is 0 Å². The van der Waals surface area contributed by atoms with Crippen LogP contribution in [0, 0.1) is 22.9 Å². The van der Waals surface area contributed by atoms with Crippen LogP contribution in [0.1, 0.15) is 5.56 Å². The standard InChI is InChI=1S/C11H14FN3O3/c1-7-4-9(13-6-11(16)14(2)3)10(15(17)18)5-8(7)12/h4-5,13H,6H2,1-3H3. The van der Waals surface area contributed by atoms with Crippen LogP contribution in [0.4, 0.5) is 15.8 Å². The lowest BCUT2D eigenvalue weighted by molar-refractivity contribution is -0.384. The van der Waals surface area contributed by atoms with Crippen molar-refractivity contribution in [3.05, 3.63) is 33.6 Å². The maximum atomic E-state index is 13.2. The zero-order chi connectivity index (χ0) is 13.9. The van der Waals surface area contributed by atoms with E-state index in [-0.39, 0.29) is 29.4 Å². The van der Waals surface area contributed by atoms with Gasteiger partial charge in [0.15, 0.2) is 0 Å². The summed E-state index contributed by atoms with van der Waals surface area (Å²) >= 11 is 0. The van der Waals surface area contributed by atoms with E-state index in [4.69, 9.17) is 0 Å². The van der Waals surface area contributed by atoms with Gasteiger partial charge in [0.1, 0.15) is 11.5 Å². The third-order valence-corrected chi connectivity index (χ3v) is 2.40. The summed E-state index contributed by atoms with van der Waals surface area (Å²) in [6.45, 7) is 1.41. The van der Waals surface area contributed by atoms with Crippen LogP contribution in [0.2, 0.25) is 0 Å². The molecule has 1 amide bonds. The summed E-state index contributed by atoms with van der Waals surface area (Å²) in [6, 6.07) is 2.16. The summed E-state index contributed by atoms with van der Waals surface area (Å²) in [4.78, 5) is 22.8. The van der Waals surface area contributed by atoms with E-state index in [9.17, 15) is 19.3 Å². The lowest BCUT2D eigenvalue weighted by Gasteiger charge is -2.12. The van der Waals surface area contributed by atoms with Gasteiger partial charge in [0.2, 0.25) is 5.91 Å². The average molecular weight is 255 g/mol. The molecule has 0 aromatic heterocycles. The Bertz CT molecular complexity index is 489. The number of nitrogens with one attached hydrogen (secondary N) is 1. The van der Waals surface area contributed by atoms with Gasteiger partial charge in [-0.15, -0.1) is 0 Å². The first-order valence-corrected chi connectivity index (χ1v) is 5.21. The molecular weight excluding hydrogens is 241 g/mol. The lowest BCUT2D eigenvalue weighted by atomic mass is 10.2. The number of rotatable bonds is 4. The number of nitro groups is 1. The fourth-order valence-corrected chi connectivity index (χ4v) is 1.29. The van der Waals surface area contributed by atoms with Gasteiger partial charge >= 0.3 is 0 Å². The molecule has 0 saturated heterocycles. The van der Waals surface area contributed by atoms with E-state index < -0.39 is 10.7 Å². The molecule has 0 bridgehead atoms. The van der Waals surface area contributed by atoms with Crippen molar-refractivity contribution in [2.45, 2.75) is 6.92 Å². The van der Waals surface area contributed by atoms with Crippen molar-refractivity contribution in [2.75, 3.05) is 26.0 Å². The zero-order valence-electron chi connectivity index (χ0n) is 10.4. The molecule has 1 N–H and O–H groups in total. The number of hydrogen-bond donors (Lipinski definition) is 1. The number of amides is 1. The van der Waals surface area contributed by atoms with Crippen molar-refractivity contribution >= 4 is 17.3 Å². The first-order valence-electron chi connectivity index (χ1n) is 5.21. The summed E-state index contributed by atoms with van der Waals surface area (Å²) in [5.41, 5.74) is 0.0270. The minimum atomic E-state index is -0.689. The SMILES string of the molecule is Cc1cc(NCC(=O)N(C)C)c([N+](=O)[O-])cc1F. The number of carbonyl (C=O) groups excluding carboxylic acids is 1. The maximum Gasteiger partial charge on any atom is 0.295 e. The van der Waals surface area contributed by atoms with Crippen LogP contribution in [0.25, 0.3) is 0 Å². The van der Waals surface area contributed by atoms with Crippen molar-refractivity contribution in [3.63, 3.8) is 0 Å². The molecular formula is C11H14FN3O3. The fourth-order valence-electron chi connectivity index (χ4n) is 1.29. The molecule has 0 aliphatic carbocycles. The van der Waals surface area contributed by atoms with E-state index in [2.05, 4.69) is 5.32 Å². The number of benzene rings is 1. The molecule has 0 aliphatic rings. The van der Waals surface area contributed by atoms with Crippen LogP contribution >= 0.6 is 0 Å². The highest BCUT2D eigenvalue weighted by atomic mass is 19.1. The van der Waals surface area contributed by atoms with Gasteiger partial charge < -0.3 is 10.2 Å². The van der Waals surface area contributed by atoms with E-state index in [0.29, 0.717) is 0 Å². The Morgan fingerprint density at radius 2 is 2.11 bits per heavy atom. The highest BCUT2D eigenvalue weighted by molar-refractivity contribution is 5.81. The smallest absolute Gasteiger partial charge is 0.295 e. The van der Waals surface area contributed by atoms with Crippen molar-refractivity contribution in [1.82, 2.24) is 4.90 Å². The summed E-state index contributed by atoms with van der Waals surface area (Å²) in [6.07, 6.45) is 0. The topological polar surface area (TPSA) is 75.5 Å². The molecule has 0 fully saturated rings. The van der Waals surface area contributed by atoms with Gasteiger partial charge in [-0.05, 0) is 18.6 Å². The Hall–Kier alpha value is -2.18. The summed E-state index contributed by atoms with van der Waals surface area (Å²) in [5, 5.41) is 13.4. The van der Waals surface area contributed by atoms with Gasteiger partial charge in [0.25, 0.3) is 5.69 Å². The van der Waals surface area contributed by atoms with Gasteiger partial charge in [-0.2, -0.15) is 0 Å². The predicted octanol–water partition coefficient (Wildman–Crippen LogP) is 1.54. The zero-order valence-corrected chi connectivity index (χ0v) is 10.4. The van der Waals surface area contributed by atoms with E-state index in [1.165, 1.54) is 17.9 Å². The number of hydrogen-bond acceptors (Lipinski definition) is 4. The number of likely N-dealkylation sites (N-methyl/N-ethyl adjacent to an activating group) is 1. The molecule has 0 atom stereocenters. The molecule has 1 aromatic rings. The normalized spacial score (nSPS) is 10.0.